The molecular formula is C19H25NO3S. The molecule has 0 aliphatic carbocycles. The summed E-state index contributed by atoms with van der Waals surface area (Å²) in [6, 6.07) is 14.7. The Hall–Kier alpha value is -1.85. The number of ether oxygens (including phenoxy) is 1. The Labute approximate surface area is 144 Å². The van der Waals surface area contributed by atoms with Crippen LogP contribution in [0.5, 0.6) is 5.75 Å². The Bertz CT molecular complexity index is 775. The average molecular weight is 347 g/mol. The van der Waals surface area contributed by atoms with Crippen molar-refractivity contribution in [1.29, 1.82) is 0 Å². The van der Waals surface area contributed by atoms with Crippen molar-refractivity contribution in [2.75, 3.05) is 13.7 Å². The molecule has 2 rings (SSSR count). The highest BCUT2D eigenvalue weighted by atomic mass is 32.2. The van der Waals surface area contributed by atoms with E-state index in [0.717, 1.165) is 16.9 Å². The van der Waals surface area contributed by atoms with Crippen LogP contribution in [0.2, 0.25) is 0 Å². The van der Waals surface area contributed by atoms with Crippen LogP contribution in [-0.2, 0) is 21.9 Å². The minimum atomic E-state index is -3.49. The van der Waals surface area contributed by atoms with Crippen LogP contribution in [0.3, 0.4) is 0 Å². The molecule has 24 heavy (non-hydrogen) atoms. The van der Waals surface area contributed by atoms with E-state index in [9.17, 15) is 8.42 Å². The molecule has 0 aliphatic rings. The van der Waals surface area contributed by atoms with E-state index in [0.29, 0.717) is 17.9 Å². The van der Waals surface area contributed by atoms with Crippen LogP contribution in [0.4, 0.5) is 0 Å². The number of nitrogens with one attached hydrogen (secondary N) is 1. The molecule has 0 spiro atoms. The summed E-state index contributed by atoms with van der Waals surface area (Å²) >= 11 is 0. The molecular weight excluding hydrogens is 322 g/mol. The average Bonchev–Trinajstić information content (AvgIpc) is 2.54. The van der Waals surface area contributed by atoms with Gasteiger partial charge in [-0.15, -0.1) is 0 Å². The first kappa shape index (κ1) is 18.5. The van der Waals surface area contributed by atoms with Crippen LogP contribution in [0.1, 0.15) is 31.9 Å². The third kappa shape index (κ3) is 4.82. The largest absolute Gasteiger partial charge is 0.497 e. The maximum absolute atomic E-state index is 12.4. The zero-order valence-corrected chi connectivity index (χ0v) is 15.5. The fourth-order valence-corrected chi connectivity index (χ4v) is 3.41. The van der Waals surface area contributed by atoms with E-state index in [1.165, 1.54) is 0 Å². The maximum Gasteiger partial charge on any atom is 0.240 e. The smallest absolute Gasteiger partial charge is 0.240 e. The molecule has 2 aromatic carbocycles. The van der Waals surface area contributed by atoms with Crippen LogP contribution in [-0.4, -0.2) is 22.1 Å². The Kier molecular flexibility index (Phi) is 5.67. The lowest BCUT2D eigenvalue weighted by Gasteiger charge is -2.19. The molecule has 0 radical (unpaired) electrons. The Balaban J connectivity index is 2.00. The highest BCUT2D eigenvalue weighted by molar-refractivity contribution is 7.89. The molecule has 0 aromatic heterocycles. The van der Waals surface area contributed by atoms with Gasteiger partial charge in [-0.3, -0.25) is 0 Å². The van der Waals surface area contributed by atoms with Gasteiger partial charge in [-0.2, -0.15) is 0 Å². The van der Waals surface area contributed by atoms with E-state index in [1.54, 1.807) is 19.2 Å². The summed E-state index contributed by atoms with van der Waals surface area (Å²) in [7, 11) is -1.88. The Morgan fingerprint density at radius 2 is 1.71 bits per heavy atom. The molecule has 4 nitrogen and oxygen atoms in total. The van der Waals surface area contributed by atoms with Crippen LogP contribution < -0.4 is 9.46 Å². The molecule has 0 saturated carbocycles. The topological polar surface area (TPSA) is 55.4 Å². The molecule has 0 atom stereocenters. The van der Waals surface area contributed by atoms with E-state index < -0.39 is 10.0 Å². The van der Waals surface area contributed by atoms with E-state index in [4.69, 9.17) is 4.74 Å². The lowest BCUT2D eigenvalue weighted by atomic mass is 9.87. The van der Waals surface area contributed by atoms with Crippen molar-refractivity contribution in [3.05, 3.63) is 59.7 Å². The monoisotopic (exact) mass is 347 g/mol. The van der Waals surface area contributed by atoms with Crippen LogP contribution in [0.15, 0.2) is 53.4 Å². The zero-order valence-electron chi connectivity index (χ0n) is 14.7. The summed E-state index contributed by atoms with van der Waals surface area (Å²) in [4.78, 5) is 0.293. The number of hydrogen-bond acceptors (Lipinski definition) is 3. The second kappa shape index (κ2) is 7.36. The first-order valence-corrected chi connectivity index (χ1v) is 9.44. The van der Waals surface area contributed by atoms with Crippen molar-refractivity contribution in [1.82, 2.24) is 4.72 Å². The summed E-state index contributed by atoms with van der Waals surface area (Å²) in [5.41, 5.74) is 2.14. The van der Waals surface area contributed by atoms with Crippen LogP contribution in [0, 0.1) is 0 Å². The second-order valence-corrected chi connectivity index (χ2v) is 8.54. The van der Waals surface area contributed by atoms with Gasteiger partial charge in [-0.05, 0) is 47.2 Å². The van der Waals surface area contributed by atoms with Crippen molar-refractivity contribution in [3.63, 3.8) is 0 Å². The van der Waals surface area contributed by atoms with Crippen LogP contribution in [0.25, 0.3) is 0 Å². The van der Waals surface area contributed by atoms with Crippen molar-refractivity contribution in [2.45, 2.75) is 37.5 Å². The number of hydrogen-bond donors (Lipinski definition) is 1. The minimum absolute atomic E-state index is 0.00207. The molecule has 0 saturated heterocycles. The predicted octanol–water partition coefficient (Wildman–Crippen LogP) is 3.51. The van der Waals surface area contributed by atoms with E-state index in [2.05, 4.69) is 25.5 Å². The molecule has 2 aromatic rings. The number of rotatable bonds is 6. The molecule has 1 N–H and O–H groups in total. The van der Waals surface area contributed by atoms with Gasteiger partial charge in [0.25, 0.3) is 0 Å². The van der Waals surface area contributed by atoms with Gasteiger partial charge in [0, 0.05) is 6.54 Å². The standard InChI is InChI=1S/C19H25NO3S/c1-19(2,3)16-8-10-18(11-9-16)24(21,22)20-13-12-15-6-5-7-17(14-15)23-4/h5-11,14,20H,12-13H2,1-4H3. The molecule has 0 aliphatic heterocycles. The van der Waals surface area contributed by atoms with Gasteiger partial charge in [-0.25, -0.2) is 13.1 Å². The van der Waals surface area contributed by atoms with Crippen LogP contribution >= 0.6 is 0 Å². The minimum Gasteiger partial charge on any atom is -0.497 e. The summed E-state index contributed by atoms with van der Waals surface area (Å²) in [5, 5.41) is 0. The van der Waals surface area contributed by atoms with Crippen molar-refractivity contribution in [3.8, 4) is 5.75 Å². The first-order chi connectivity index (χ1) is 11.2. The third-order valence-corrected chi connectivity index (χ3v) is 5.35. The van der Waals surface area contributed by atoms with Gasteiger partial charge in [0.05, 0.1) is 12.0 Å². The Morgan fingerprint density at radius 3 is 2.29 bits per heavy atom. The summed E-state index contributed by atoms with van der Waals surface area (Å²) in [5.74, 6) is 0.771. The molecule has 0 unspecified atom stereocenters. The van der Waals surface area contributed by atoms with E-state index in [-0.39, 0.29) is 5.41 Å². The second-order valence-electron chi connectivity index (χ2n) is 6.77. The maximum atomic E-state index is 12.4. The molecule has 0 bridgehead atoms. The highest BCUT2D eigenvalue weighted by Crippen LogP contribution is 2.23. The normalized spacial score (nSPS) is 12.2. The van der Waals surface area contributed by atoms with E-state index in [1.807, 2.05) is 36.4 Å². The summed E-state index contributed by atoms with van der Waals surface area (Å²) < 4.78 is 32.6. The lowest BCUT2D eigenvalue weighted by Crippen LogP contribution is -2.26. The number of methoxy groups -OCH3 is 1. The first-order valence-electron chi connectivity index (χ1n) is 7.95. The summed E-state index contributed by atoms with van der Waals surface area (Å²) in [6.07, 6.45) is 0.608. The number of sulfonamides is 1. The van der Waals surface area contributed by atoms with Gasteiger partial charge < -0.3 is 4.74 Å². The third-order valence-electron chi connectivity index (χ3n) is 3.87. The lowest BCUT2D eigenvalue weighted by molar-refractivity contribution is 0.414. The molecule has 0 amide bonds. The van der Waals surface area contributed by atoms with E-state index >= 15 is 0 Å². The molecule has 0 heterocycles. The highest BCUT2D eigenvalue weighted by Gasteiger charge is 2.17. The van der Waals surface area contributed by atoms with Gasteiger partial charge in [0.2, 0.25) is 10.0 Å². The van der Waals surface area contributed by atoms with Crippen molar-refractivity contribution in [2.24, 2.45) is 0 Å². The van der Waals surface area contributed by atoms with Crippen molar-refractivity contribution >= 4 is 10.0 Å². The Morgan fingerprint density at radius 1 is 1.04 bits per heavy atom. The fraction of sp³-hybridized carbons (Fsp3) is 0.368. The quantitative estimate of drug-likeness (QED) is 0.870. The fourth-order valence-electron chi connectivity index (χ4n) is 2.38. The molecule has 0 fully saturated rings. The van der Waals surface area contributed by atoms with Gasteiger partial charge >= 0.3 is 0 Å². The van der Waals surface area contributed by atoms with Gasteiger partial charge in [-0.1, -0.05) is 45.0 Å². The summed E-state index contributed by atoms with van der Waals surface area (Å²) in [6.45, 7) is 6.64. The van der Waals surface area contributed by atoms with Crippen molar-refractivity contribution < 1.29 is 13.2 Å². The SMILES string of the molecule is COc1cccc(CCNS(=O)(=O)c2ccc(C(C)(C)C)cc2)c1. The molecule has 130 valence electrons. The zero-order chi connectivity index (χ0) is 17.8. The predicted molar refractivity (Wildman–Crippen MR) is 97.0 cm³/mol. The van der Waals surface area contributed by atoms with Gasteiger partial charge in [0.15, 0.2) is 0 Å². The van der Waals surface area contributed by atoms with Gasteiger partial charge in [0.1, 0.15) is 5.75 Å². The molecule has 5 heteroatoms. The number of benzene rings is 2.